The molecule has 1 aromatic carbocycles. The molecule has 2 aromatic heterocycles. The summed E-state index contributed by atoms with van der Waals surface area (Å²) < 4.78 is 4.22. The minimum atomic E-state index is -0.790. The van der Waals surface area contributed by atoms with Crippen LogP contribution in [0.5, 0.6) is 0 Å². The molecule has 0 radical (unpaired) electrons. The Hall–Kier alpha value is -2.76. The summed E-state index contributed by atoms with van der Waals surface area (Å²) >= 11 is 2.82. The first kappa shape index (κ1) is 21.5. The Morgan fingerprint density at radius 3 is 2.84 bits per heavy atom. The summed E-state index contributed by atoms with van der Waals surface area (Å²) in [5.74, 6) is -0.886. The number of amides is 1. The van der Waals surface area contributed by atoms with Crippen LogP contribution in [0, 0.1) is 5.92 Å². The van der Waals surface area contributed by atoms with Crippen molar-refractivity contribution >= 4 is 56.2 Å². The molecule has 3 N–H and O–H groups in total. The number of carbonyl (C=O) groups excluding carboxylic acids is 1. The van der Waals surface area contributed by atoms with Crippen molar-refractivity contribution in [3.05, 3.63) is 36.8 Å². The van der Waals surface area contributed by atoms with Crippen molar-refractivity contribution < 1.29 is 14.7 Å². The second kappa shape index (κ2) is 10.0. The van der Waals surface area contributed by atoms with Gasteiger partial charge in [-0.05, 0) is 44.1 Å². The van der Waals surface area contributed by atoms with Crippen molar-refractivity contribution in [1.29, 1.82) is 0 Å². The molecular weight excluding hydrogens is 436 g/mol. The zero-order valence-corrected chi connectivity index (χ0v) is 18.3. The number of nitrogens with one attached hydrogen (secondary N) is 2. The van der Waals surface area contributed by atoms with Gasteiger partial charge in [0.25, 0.3) is 0 Å². The van der Waals surface area contributed by atoms with Crippen molar-refractivity contribution in [3.63, 3.8) is 0 Å². The quantitative estimate of drug-likeness (QED) is 0.436. The molecule has 1 aliphatic heterocycles. The molecule has 9 nitrogen and oxygen atoms in total. The molecule has 4 rings (SSSR count). The minimum Gasteiger partial charge on any atom is -0.481 e. The Morgan fingerprint density at radius 2 is 2.10 bits per heavy atom. The van der Waals surface area contributed by atoms with Gasteiger partial charge in [-0.1, -0.05) is 11.3 Å². The van der Waals surface area contributed by atoms with E-state index in [9.17, 15) is 9.59 Å². The lowest BCUT2D eigenvalue weighted by molar-refractivity contribution is -0.137. The first-order chi connectivity index (χ1) is 15.1. The normalized spacial score (nSPS) is 15.1. The molecule has 0 saturated carbocycles. The van der Waals surface area contributed by atoms with Gasteiger partial charge in [-0.25, -0.2) is 9.97 Å². The standard InChI is InChI=1S/C20H22N6O3S2/c27-18(28)5-10-26-8-3-13(4-9-26)19(29)24-20-23-15-2-1-14(11-16(15)30-20)25-31-17-12-21-6-7-22-17/h1-2,6-7,11-13,25H,3-5,8-10H2,(H,27,28)(H,23,24,29). The number of hydrogen-bond acceptors (Lipinski definition) is 9. The van der Waals surface area contributed by atoms with Crippen LogP contribution in [0.2, 0.25) is 0 Å². The smallest absolute Gasteiger partial charge is 0.304 e. The van der Waals surface area contributed by atoms with E-state index in [4.69, 9.17) is 5.11 Å². The second-order valence-electron chi connectivity index (χ2n) is 7.20. The lowest BCUT2D eigenvalue weighted by atomic mass is 9.96. The minimum absolute atomic E-state index is 0.0199. The van der Waals surface area contributed by atoms with Gasteiger partial charge in [-0.2, -0.15) is 0 Å². The number of fused-ring (bicyclic) bond motifs is 1. The number of likely N-dealkylation sites (tertiary alicyclic amines) is 1. The lowest BCUT2D eigenvalue weighted by Crippen LogP contribution is -2.39. The molecule has 1 amide bonds. The van der Waals surface area contributed by atoms with E-state index >= 15 is 0 Å². The molecule has 31 heavy (non-hydrogen) atoms. The molecule has 0 spiro atoms. The Labute approximate surface area is 187 Å². The molecular formula is C20H22N6O3S2. The van der Waals surface area contributed by atoms with Crippen LogP contribution in [0.15, 0.2) is 41.8 Å². The maximum absolute atomic E-state index is 12.7. The summed E-state index contributed by atoms with van der Waals surface area (Å²) in [7, 11) is 0. The number of hydrogen-bond donors (Lipinski definition) is 3. The van der Waals surface area contributed by atoms with Gasteiger partial charge in [0.05, 0.1) is 22.8 Å². The average molecular weight is 459 g/mol. The average Bonchev–Trinajstić information content (AvgIpc) is 3.18. The maximum atomic E-state index is 12.7. The largest absolute Gasteiger partial charge is 0.481 e. The van der Waals surface area contributed by atoms with E-state index in [-0.39, 0.29) is 18.2 Å². The number of thiazole rings is 1. The number of nitrogens with zero attached hydrogens (tertiary/aromatic N) is 4. The van der Waals surface area contributed by atoms with Gasteiger partial charge in [0.2, 0.25) is 5.91 Å². The number of rotatable bonds is 8. The summed E-state index contributed by atoms with van der Waals surface area (Å²) in [5.41, 5.74) is 1.75. The number of aliphatic carboxylic acids is 1. The topological polar surface area (TPSA) is 120 Å². The SMILES string of the molecule is O=C(O)CCN1CCC(C(=O)Nc2nc3ccc(NSc4cnccn4)cc3s2)CC1. The molecule has 0 atom stereocenters. The van der Waals surface area contributed by atoms with E-state index in [1.54, 1.807) is 18.6 Å². The summed E-state index contributed by atoms with van der Waals surface area (Å²) in [5, 5.41) is 13.1. The Bertz CT molecular complexity index is 1050. The van der Waals surface area contributed by atoms with Crippen molar-refractivity contribution in [3.8, 4) is 0 Å². The Balaban J connectivity index is 1.31. The molecule has 162 valence electrons. The fourth-order valence-corrected chi connectivity index (χ4v) is 4.86. The Kier molecular flexibility index (Phi) is 6.95. The maximum Gasteiger partial charge on any atom is 0.304 e. The van der Waals surface area contributed by atoms with Crippen LogP contribution in [-0.4, -0.2) is 56.5 Å². The molecule has 3 heterocycles. The van der Waals surface area contributed by atoms with Crippen LogP contribution < -0.4 is 10.0 Å². The first-order valence-corrected chi connectivity index (χ1v) is 11.5. The van der Waals surface area contributed by atoms with Gasteiger partial charge in [-0.3, -0.25) is 14.6 Å². The van der Waals surface area contributed by atoms with Crippen LogP contribution in [0.3, 0.4) is 0 Å². The van der Waals surface area contributed by atoms with Crippen LogP contribution in [-0.2, 0) is 9.59 Å². The summed E-state index contributed by atoms with van der Waals surface area (Å²) in [6.45, 7) is 2.01. The summed E-state index contributed by atoms with van der Waals surface area (Å²) in [6.07, 6.45) is 6.55. The molecule has 1 saturated heterocycles. The summed E-state index contributed by atoms with van der Waals surface area (Å²) in [6, 6.07) is 5.85. The number of aromatic nitrogens is 3. The number of carboxylic acids is 1. The van der Waals surface area contributed by atoms with Crippen molar-refractivity contribution in [2.75, 3.05) is 29.7 Å². The molecule has 1 aliphatic rings. The summed E-state index contributed by atoms with van der Waals surface area (Å²) in [4.78, 5) is 38.2. The van der Waals surface area contributed by atoms with Crippen LogP contribution in [0.1, 0.15) is 19.3 Å². The van der Waals surface area contributed by atoms with Gasteiger partial charge in [0.1, 0.15) is 5.03 Å². The number of carbonyl (C=O) groups is 2. The van der Waals surface area contributed by atoms with E-state index in [2.05, 4.69) is 29.9 Å². The second-order valence-corrected chi connectivity index (χ2v) is 9.06. The zero-order valence-electron chi connectivity index (χ0n) is 16.7. The molecule has 1 fully saturated rings. The number of piperidine rings is 1. The molecule has 0 aliphatic carbocycles. The van der Waals surface area contributed by atoms with Crippen LogP contribution >= 0.6 is 23.3 Å². The highest BCUT2D eigenvalue weighted by Gasteiger charge is 2.25. The van der Waals surface area contributed by atoms with E-state index in [1.165, 1.54) is 23.3 Å². The van der Waals surface area contributed by atoms with Crippen molar-refractivity contribution in [2.24, 2.45) is 5.92 Å². The van der Waals surface area contributed by atoms with E-state index in [0.717, 1.165) is 46.9 Å². The van der Waals surface area contributed by atoms with E-state index < -0.39 is 5.97 Å². The third kappa shape index (κ3) is 5.90. The molecule has 11 heteroatoms. The van der Waals surface area contributed by atoms with Gasteiger partial charge < -0.3 is 20.0 Å². The van der Waals surface area contributed by atoms with Crippen molar-refractivity contribution in [2.45, 2.75) is 24.3 Å². The monoisotopic (exact) mass is 458 g/mol. The highest BCUT2D eigenvalue weighted by atomic mass is 32.2. The highest BCUT2D eigenvalue weighted by molar-refractivity contribution is 8.00. The van der Waals surface area contributed by atoms with Crippen molar-refractivity contribution in [1.82, 2.24) is 19.9 Å². The highest BCUT2D eigenvalue weighted by Crippen LogP contribution is 2.30. The molecule has 3 aromatic rings. The van der Waals surface area contributed by atoms with E-state index in [0.29, 0.717) is 11.7 Å². The van der Waals surface area contributed by atoms with Gasteiger partial charge >= 0.3 is 5.97 Å². The van der Waals surface area contributed by atoms with Crippen LogP contribution in [0.4, 0.5) is 10.8 Å². The molecule has 0 unspecified atom stereocenters. The lowest BCUT2D eigenvalue weighted by Gasteiger charge is -2.30. The van der Waals surface area contributed by atoms with E-state index in [1.807, 2.05) is 18.2 Å². The predicted octanol–water partition coefficient (Wildman–Crippen LogP) is 3.33. The Morgan fingerprint density at radius 1 is 1.26 bits per heavy atom. The van der Waals surface area contributed by atoms with Gasteiger partial charge in [0.15, 0.2) is 5.13 Å². The number of anilines is 2. The number of carboxylic acid groups (broad SMARTS) is 1. The van der Waals surface area contributed by atoms with Gasteiger partial charge in [-0.15, -0.1) is 0 Å². The molecule has 0 bridgehead atoms. The first-order valence-electron chi connectivity index (χ1n) is 9.91. The zero-order chi connectivity index (χ0) is 21.6. The fourth-order valence-electron chi connectivity index (χ4n) is 3.37. The number of benzene rings is 1. The third-order valence-corrected chi connectivity index (χ3v) is 6.72. The van der Waals surface area contributed by atoms with Crippen LogP contribution in [0.25, 0.3) is 10.2 Å². The fraction of sp³-hybridized carbons (Fsp3) is 0.350. The third-order valence-electron chi connectivity index (χ3n) is 5.03. The van der Waals surface area contributed by atoms with Gasteiger partial charge in [0, 0.05) is 42.5 Å². The predicted molar refractivity (Wildman–Crippen MR) is 121 cm³/mol.